The minimum atomic E-state index is -2.06. The highest BCUT2D eigenvalue weighted by molar-refractivity contribution is 6.21. The zero-order chi connectivity index (χ0) is 21.7. The van der Waals surface area contributed by atoms with Gasteiger partial charge in [-0.3, -0.25) is 0 Å². The van der Waals surface area contributed by atoms with Crippen LogP contribution in [0.5, 0.6) is 0 Å². The molecule has 1 saturated heterocycles. The van der Waals surface area contributed by atoms with Crippen molar-refractivity contribution in [2.24, 2.45) is 0 Å². The number of carbonyl (C=O) groups excluding carboxylic acids is 2. The summed E-state index contributed by atoms with van der Waals surface area (Å²) in [5, 5.41) is 7.98. The number of aliphatic hydroxyl groups is 1. The number of esters is 2. The summed E-state index contributed by atoms with van der Waals surface area (Å²) in [5.74, 6) is -1.34. The standard InChI is InChI=1S/C21H21ClO6/c1-13-7-3-5-9-15(13)19(23)26-12-18-17(11-21(22,25)28-18)27-20(24)16-10-6-4-8-14(16)2/h3-10,17-18,25H,11-12H2,1-2H3/t17-,18+,21?/m0/s1/i1D,2D. The van der Waals surface area contributed by atoms with E-state index in [1.54, 1.807) is 48.5 Å². The third-order valence-corrected chi connectivity index (χ3v) is 4.55. The van der Waals surface area contributed by atoms with Crippen molar-refractivity contribution < 1.29 is 31.6 Å². The molecular formula is C21H21ClO6. The van der Waals surface area contributed by atoms with E-state index in [0.29, 0.717) is 11.1 Å². The molecule has 1 heterocycles. The molecule has 3 rings (SSSR count). The third-order valence-electron chi connectivity index (χ3n) is 4.31. The first-order valence-electron chi connectivity index (χ1n) is 9.97. The zero-order valence-corrected chi connectivity index (χ0v) is 15.7. The summed E-state index contributed by atoms with van der Waals surface area (Å²) in [4.78, 5) is 25.0. The predicted octanol–water partition coefficient (Wildman–Crippen LogP) is 3.36. The Morgan fingerprint density at radius 2 is 1.71 bits per heavy atom. The van der Waals surface area contributed by atoms with Crippen molar-refractivity contribution >= 4 is 23.5 Å². The lowest BCUT2D eigenvalue weighted by Crippen LogP contribution is -2.32. The van der Waals surface area contributed by atoms with Gasteiger partial charge >= 0.3 is 11.9 Å². The molecule has 1 unspecified atom stereocenters. The topological polar surface area (TPSA) is 82.1 Å². The summed E-state index contributed by atoms with van der Waals surface area (Å²) < 4.78 is 31.0. The van der Waals surface area contributed by atoms with Crippen molar-refractivity contribution in [3.05, 3.63) is 70.8 Å². The molecule has 1 fully saturated rings. The number of hydrogen-bond donors (Lipinski definition) is 1. The average Bonchev–Trinajstić information content (AvgIpc) is 3.04. The Labute approximate surface area is 170 Å². The fourth-order valence-electron chi connectivity index (χ4n) is 2.87. The molecule has 0 amide bonds. The number of halogens is 1. The lowest BCUT2D eigenvalue weighted by Gasteiger charge is -2.19. The monoisotopic (exact) mass is 406 g/mol. The lowest BCUT2D eigenvalue weighted by atomic mass is 10.1. The minimum absolute atomic E-state index is 0.0811. The molecule has 6 nitrogen and oxygen atoms in total. The van der Waals surface area contributed by atoms with Gasteiger partial charge in [-0.2, -0.15) is 0 Å². The Balaban J connectivity index is 1.69. The van der Waals surface area contributed by atoms with Gasteiger partial charge in [-0.15, -0.1) is 0 Å². The molecule has 7 heteroatoms. The molecule has 1 N–H and O–H groups in total. The van der Waals surface area contributed by atoms with Crippen LogP contribution in [0.2, 0.25) is 0 Å². The molecule has 3 atom stereocenters. The fourth-order valence-corrected chi connectivity index (χ4v) is 3.14. The Bertz CT molecular complexity index is 920. The minimum Gasteiger partial charge on any atom is -0.459 e. The lowest BCUT2D eigenvalue weighted by molar-refractivity contribution is -0.140. The smallest absolute Gasteiger partial charge is 0.338 e. The predicted molar refractivity (Wildman–Crippen MR) is 102 cm³/mol. The Kier molecular flexibility index (Phi) is 5.24. The number of carbonyl (C=O) groups is 2. The molecule has 1 aliphatic heterocycles. The second kappa shape index (κ2) is 8.31. The third kappa shape index (κ3) is 4.70. The maximum atomic E-state index is 12.6. The summed E-state index contributed by atoms with van der Waals surface area (Å²) in [6.07, 6.45) is -2.15. The van der Waals surface area contributed by atoms with Crippen molar-refractivity contribution in [3.8, 4) is 0 Å². The maximum Gasteiger partial charge on any atom is 0.338 e. The van der Waals surface area contributed by atoms with E-state index in [-0.39, 0.29) is 38.0 Å². The maximum absolute atomic E-state index is 12.6. The van der Waals surface area contributed by atoms with Gasteiger partial charge in [0.25, 0.3) is 0 Å². The largest absolute Gasteiger partial charge is 0.459 e. The summed E-state index contributed by atoms with van der Waals surface area (Å²) in [6, 6.07) is 13.1. The van der Waals surface area contributed by atoms with Gasteiger partial charge in [0, 0.05) is 2.74 Å². The molecular weight excluding hydrogens is 384 g/mol. The van der Waals surface area contributed by atoms with Gasteiger partial charge in [0.1, 0.15) is 18.8 Å². The van der Waals surface area contributed by atoms with Crippen LogP contribution in [0.3, 0.4) is 0 Å². The van der Waals surface area contributed by atoms with E-state index in [0.717, 1.165) is 0 Å². The van der Waals surface area contributed by atoms with Gasteiger partial charge in [0.15, 0.2) is 0 Å². The number of aryl methyl sites for hydroxylation is 2. The number of alkyl halides is 1. The molecule has 1 aliphatic rings. The van der Waals surface area contributed by atoms with Crippen molar-refractivity contribution in [2.45, 2.75) is 37.7 Å². The van der Waals surface area contributed by atoms with Crippen LogP contribution in [-0.4, -0.2) is 41.1 Å². The molecule has 2 aromatic carbocycles. The number of ether oxygens (including phenoxy) is 3. The van der Waals surface area contributed by atoms with Crippen molar-refractivity contribution in [1.29, 1.82) is 0 Å². The number of rotatable bonds is 5. The average molecular weight is 407 g/mol. The van der Waals surface area contributed by atoms with Crippen LogP contribution in [0.25, 0.3) is 0 Å². The highest BCUT2D eigenvalue weighted by Crippen LogP contribution is 2.34. The van der Waals surface area contributed by atoms with Crippen LogP contribution in [0, 0.1) is 13.8 Å². The highest BCUT2D eigenvalue weighted by Gasteiger charge is 2.47. The molecule has 2 aromatic rings. The zero-order valence-electron chi connectivity index (χ0n) is 17.0. The summed E-state index contributed by atoms with van der Waals surface area (Å²) >= 11 is 5.87. The first-order chi connectivity index (χ1) is 14.3. The summed E-state index contributed by atoms with van der Waals surface area (Å²) in [7, 11) is 0. The number of hydrogen-bond acceptors (Lipinski definition) is 6. The summed E-state index contributed by atoms with van der Waals surface area (Å²) in [6.45, 7) is -0.483. The molecule has 0 radical (unpaired) electrons. The van der Waals surface area contributed by atoms with Gasteiger partial charge < -0.3 is 19.3 Å². The van der Waals surface area contributed by atoms with Crippen LogP contribution in [0.4, 0.5) is 0 Å². The van der Waals surface area contributed by atoms with Crippen LogP contribution in [-0.2, 0) is 14.2 Å². The van der Waals surface area contributed by atoms with E-state index in [9.17, 15) is 14.7 Å². The molecule has 0 aliphatic carbocycles. The fraction of sp³-hybridized carbons (Fsp3) is 0.333. The number of benzene rings is 2. The van der Waals surface area contributed by atoms with Gasteiger partial charge in [-0.05, 0) is 37.1 Å². The van der Waals surface area contributed by atoms with Crippen LogP contribution < -0.4 is 0 Å². The van der Waals surface area contributed by atoms with Gasteiger partial charge in [0.05, 0.1) is 17.5 Å². The molecule has 28 heavy (non-hydrogen) atoms. The second-order valence-electron chi connectivity index (χ2n) is 6.41. The molecule has 0 bridgehead atoms. The normalized spacial score (nSPS) is 24.9. The van der Waals surface area contributed by atoms with Gasteiger partial charge in [-0.25, -0.2) is 9.59 Å². The first kappa shape index (κ1) is 17.7. The Morgan fingerprint density at radius 1 is 1.14 bits per heavy atom. The quantitative estimate of drug-likeness (QED) is 0.605. The van der Waals surface area contributed by atoms with Gasteiger partial charge in [0.2, 0.25) is 5.25 Å². The van der Waals surface area contributed by atoms with Crippen molar-refractivity contribution in [3.63, 3.8) is 0 Å². The van der Waals surface area contributed by atoms with Crippen LogP contribution in [0.1, 0.15) is 41.0 Å². The van der Waals surface area contributed by atoms with E-state index in [1.807, 2.05) is 0 Å². The van der Waals surface area contributed by atoms with E-state index >= 15 is 0 Å². The summed E-state index contributed by atoms with van der Waals surface area (Å²) in [5.41, 5.74) is 1.50. The second-order valence-corrected chi connectivity index (χ2v) is 7.00. The molecule has 0 saturated carbocycles. The van der Waals surface area contributed by atoms with E-state index < -0.39 is 29.4 Å². The van der Waals surface area contributed by atoms with Crippen molar-refractivity contribution in [1.82, 2.24) is 0 Å². The Morgan fingerprint density at radius 3 is 2.32 bits per heavy atom. The SMILES string of the molecule is [2H]Cc1ccccc1C(=O)OC[C@H]1OC(O)(Cl)C[C@@H]1OC(=O)c1ccccc1C[2H]. The van der Waals surface area contributed by atoms with E-state index in [2.05, 4.69) is 0 Å². The van der Waals surface area contributed by atoms with Crippen molar-refractivity contribution in [2.75, 3.05) is 6.61 Å². The molecule has 0 aromatic heterocycles. The van der Waals surface area contributed by atoms with Crippen LogP contribution in [0.15, 0.2) is 48.5 Å². The molecule has 0 spiro atoms. The van der Waals surface area contributed by atoms with E-state index in [1.165, 1.54) is 0 Å². The molecule has 148 valence electrons. The van der Waals surface area contributed by atoms with E-state index in [4.69, 9.17) is 28.6 Å². The van der Waals surface area contributed by atoms with Gasteiger partial charge in [-0.1, -0.05) is 48.0 Å². The van der Waals surface area contributed by atoms with Crippen LogP contribution >= 0.6 is 11.6 Å². The first-order valence-corrected chi connectivity index (χ1v) is 8.94. The Hall–Kier alpha value is -2.41. The highest BCUT2D eigenvalue weighted by atomic mass is 35.5.